The van der Waals surface area contributed by atoms with E-state index in [1.807, 2.05) is 6.20 Å². The van der Waals surface area contributed by atoms with Crippen LogP contribution in [-0.2, 0) is 11.3 Å². The Morgan fingerprint density at radius 3 is 2.86 bits per heavy atom. The van der Waals surface area contributed by atoms with E-state index in [1.54, 1.807) is 6.92 Å². The Morgan fingerprint density at radius 2 is 2.19 bits per heavy atom. The van der Waals surface area contributed by atoms with Gasteiger partial charge in [0.05, 0.1) is 0 Å². The number of aromatic nitrogens is 1. The summed E-state index contributed by atoms with van der Waals surface area (Å²) in [6, 6.07) is 3.20. The van der Waals surface area contributed by atoms with Crippen LogP contribution in [0.1, 0.15) is 37.3 Å². The van der Waals surface area contributed by atoms with Crippen molar-refractivity contribution in [3.63, 3.8) is 0 Å². The minimum atomic E-state index is 0.0491. The molecule has 5 nitrogen and oxygen atoms in total. The molecule has 0 radical (unpaired) electrons. The van der Waals surface area contributed by atoms with E-state index in [9.17, 15) is 4.79 Å². The van der Waals surface area contributed by atoms with Crippen LogP contribution < -0.4 is 15.5 Å². The van der Waals surface area contributed by atoms with Crippen molar-refractivity contribution in [1.29, 1.82) is 0 Å². The Morgan fingerprint density at radius 1 is 1.38 bits per heavy atom. The highest BCUT2D eigenvalue weighted by Gasteiger charge is 2.25. The van der Waals surface area contributed by atoms with Crippen LogP contribution in [-0.4, -0.2) is 36.1 Å². The van der Waals surface area contributed by atoms with Crippen molar-refractivity contribution in [3.8, 4) is 0 Å². The zero-order chi connectivity index (χ0) is 14.8. The van der Waals surface area contributed by atoms with E-state index < -0.39 is 0 Å². The van der Waals surface area contributed by atoms with E-state index in [4.69, 9.17) is 0 Å². The normalized spacial score (nSPS) is 21.6. The highest BCUT2D eigenvalue weighted by Crippen LogP contribution is 2.23. The number of nitrogens with zero attached hydrogens (tertiary/aromatic N) is 2. The van der Waals surface area contributed by atoms with E-state index in [0.29, 0.717) is 0 Å². The maximum absolute atomic E-state index is 11.1. The quantitative estimate of drug-likeness (QED) is 0.859. The van der Waals surface area contributed by atoms with Gasteiger partial charge in [-0.25, -0.2) is 4.98 Å². The molecule has 1 saturated carbocycles. The largest absolute Gasteiger partial charge is 0.354 e. The lowest BCUT2D eigenvalue weighted by Crippen LogP contribution is -2.35. The molecule has 1 saturated heterocycles. The van der Waals surface area contributed by atoms with Crippen LogP contribution in [0.4, 0.5) is 5.82 Å². The molecule has 2 N–H and O–H groups in total. The van der Waals surface area contributed by atoms with Gasteiger partial charge in [0.1, 0.15) is 5.82 Å². The van der Waals surface area contributed by atoms with Crippen LogP contribution in [0, 0.1) is 6.92 Å². The topological polar surface area (TPSA) is 57.3 Å². The summed E-state index contributed by atoms with van der Waals surface area (Å²) in [5, 5.41) is 6.51. The molecule has 1 unspecified atom stereocenters. The Kier molecular flexibility index (Phi) is 4.10. The monoisotopic (exact) mass is 288 g/mol. The first kappa shape index (κ1) is 14.3. The molecule has 1 atom stereocenters. The van der Waals surface area contributed by atoms with Crippen LogP contribution in [0.5, 0.6) is 0 Å². The van der Waals surface area contributed by atoms with E-state index in [-0.39, 0.29) is 11.9 Å². The van der Waals surface area contributed by atoms with Gasteiger partial charge in [0.15, 0.2) is 0 Å². The van der Waals surface area contributed by atoms with Crippen molar-refractivity contribution < 1.29 is 4.79 Å². The Balaban J connectivity index is 1.61. The molecule has 2 fully saturated rings. The molecule has 3 rings (SSSR count). The molecule has 5 heteroatoms. The summed E-state index contributed by atoms with van der Waals surface area (Å²) in [5.41, 5.74) is 2.47. The van der Waals surface area contributed by atoms with Gasteiger partial charge in [-0.3, -0.25) is 4.79 Å². The molecule has 2 heterocycles. The van der Waals surface area contributed by atoms with Crippen LogP contribution in [0.15, 0.2) is 12.3 Å². The summed E-state index contributed by atoms with van der Waals surface area (Å²) in [5.74, 6) is 1.10. The third-order valence-electron chi connectivity index (χ3n) is 4.17. The first-order valence-electron chi connectivity index (χ1n) is 7.83. The fourth-order valence-corrected chi connectivity index (χ4v) is 2.96. The highest BCUT2D eigenvalue weighted by atomic mass is 16.1. The van der Waals surface area contributed by atoms with Crippen molar-refractivity contribution in [1.82, 2.24) is 15.6 Å². The van der Waals surface area contributed by atoms with Gasteiger partial charge in [-0.1, -0.05) is 0 Å². The minimum absolute atomic E-state index is 0.0491. The Bertz CT molecular complexity index is 527. The number of carbonyl (C=O) groups is 1. The van der Waals surface area contributed by atoms with Gasteiger partial charge in [0.2, 0.25) is 5.91 Å². The second-order valence-electron chi connectivity index (χ2n) is 6.27. The number of carbonyl (C=O) groups excluding carboxylic acids is 1. The molecule has 1 aromatic rings. The number of rotatable bonds is 5. The molecular weight excluding hydrogens is 264 g/mol. The Hall–Kier alpha value is -1.62. The SMILES string of the molecule is CC(=O)NC1CCN(c2ncc(CNC3CC3)cc2C)C1. The lowest BCUT2D eigenvalue weighted by molar-refractivity contribution is -0.119. The standard InChI is InChI=1S/C16H24N4O/c1-11-7-13(8-17-14-3-4-14)9-18-16(11)20-6-5-15(10-20)19-12(2)21/h7,9,14-15,17H,3-6,8,10H2,1-2H3,(H,19,21). The lowest BCUT2D eigenvalue weighted by Gasteiger charge is -2.20. The molecule has 1 aliphatic heterocycles. The Labute approximate surface area is 126 Å². The average Bonchev–Trinajstić information content (AvgIpc) is 3.16. The maximum Gasteiger partial charge on any atom is 0.217 e. The van der Waals surface area contributed by atoms with E-state index in [1.165, 1.54) is 24.0 Å². The van der Waals surface area contributed by atoms with E-state index >= 15 is 0 Å². The van der Waals surface area contributed by atoms with E-state index in [0.717, 1.165) is 37.9 Å². The number of hydrogen-bond donors (Lipinski definition) is 2. The van der Waals surface area contributed by atoms with Crippen molar-refractivity contribution in [2.24, 2.45) is 0 Å². The molecule has 21 heavy (non-hydrogen) atoms. The average molecular weight is 288 g/mol. The second-order valence-corrected chi connectivity index (χ2v) is 6.27. The molecule has 1 aromatic heterocycles. The van der Waals surface area contributed by atoms with Gasteiger partial charge in [0, 0.05) is 44.8 Å². The number of nitrogens with one attached hydrogen (secondary N) is 2. The number of hydrogen-bond acceptors (Lipinski definition) is 4. The summed E-state index contributed by atoms with van der Waals surface area (Å²) < 4.78 is 0. The number of anilines is 1. The van der Waals surface area contributed by atoms with Crippen molar-refractivity contribution in [2.45, 2.75) is 51.7 Å². The van der Waals surface area contributed by atoms with Gasteiger partial charge < -0.3 is 15.5 Å². The smallest absolute Gasteiger partial charge is 0.217 e. The highest BCUT2D eigenvalue weighted by molar-refractivity contribution is 5.73. The first-order valence-corrected chi connectivity index (χ1v) is 7.83. The zero-order valence-corrected chi connectivity index (χ0v) is 12.9. The lowest BCUT2D eigenvalue weighted by atomic mass is 10.2. The van der Waals surface area contributed by atoms with E-state index in [2.05, 4.69) is 33.5 Å². The fraction of sp³-hybridized carbons (Fsp3) is 0.625. The molecule has 114 valence electrons. The molecule has 2 aliphatic rings. The van der Waals surface area contributed by atoms with Crippen molar-refractivity contribution >= 4 is 11.7 Å². The molecule has 1 amide bonds. The van der Waals surface area contributed by atoms with Crippen molar-refractivity contribution in [3.05, 3.63) is 23.4 Å². The van der Waals surface area contributed by atoms with Crippen LogP contribution in [0.3, 0.4) is 0 Å². The first-order chi connectivity index (χ1) is 10.1. The molecule has 0 spiro atoms. The minimum Gasteiger partial charge on any atom is -0.354 e. The predicted octanol–water partition coefficient (Wildman–Crippen LogP) is 1.36. The summed E-state index contributed by atoms with van der Waals surface area (Å²) in [4.78, 5) is 18.1. The fourth-order valence-electron chi connectivity index (χ4n) is 2.96. The third-order valence-corrected chi connectivity index (χ3v) is 4.17. The molecule has 1 aliphatic carbocycles. The van der Waals surface area contributed by atoms with Crippen LogP contribution in [0.25, 0.3) is 0 Å². The second kappa shape index (κ2) is 6.02. The van der Waals surface area contributed by atoms with Crippen LogP contribution >= 0.6 is 0 Å². The summed E-state index contributed by atoms with van der Waals surface area (Å²) in [6.07, 6.45) is 5.58. The van der Waals surface area contributed by atoms with Gasteiger partial charge in [-0.15, -0.1) is 0 Å². The van der Waals surface area contributed by atoms with Crippen LogP contribution in [0.2, 0.25) is 0 Å². The van der Waals surface area contributed by atoms with Gasteiger partial charge in [-0.05, 0) is 43.4 Å². The molecular formula is C16H24N4O. The maximum atomic E-state index is 11.1. The number of aryl methyl sites for hydroxylation is 1. The van der Waals surface area contributed by atoms with Gasteiger partial charge in [-0.2, -0.15) is 0 Å². The summed E-state index contributed by atoms with van der Waals surface area (Å²) in [7, 11) is 0. The molecule has 0 aromatic carbocycles. The van der Waals surface area contributed by atoms with Gasteiger partial charge in [0.25, 0.3) is 0 Å². The zero-order valence-electron chi connectivity index (χ0n) is 12.9. The number of pyridine rings is 1. The third kappa shape index (κ3) is 3.73. The molecule has 0 bridgehead atoms. The van der Waals surface area contributed by atoms with Crippen molar-refractivity contribution in [2.75, 3.05) is 18.0 Å². The predicted molar refractivity (Wildman–Crippen MR) is 83.3 cm³/mol. The number of amides is 1. The summed E-state index contributed by atoms with van der Waals surface area (Å²) in [6.45, 7) is 6.42. The van der Waals surface area contributed by atoms with Gasteiger partial charge >= 0.3 is 0 Å². The summed E-state index contributed by atoms with van der Waals surface area (Å²) >= 11 is 0.